The van der Waals surface area contributed by atoms with E-state index in [2.05, 4.69) is 23.8 Å². The first-order chi connectivity index (χ1) is 6.09. The Morgan fingerprint density at radius 2 is 2.23 bits per heavy atom. The minimum Gasteiger partial charge on any atom is -0.388 e. The van der Waals surface area contributed by atoms with Crippen molar-refractivity contribution in [3.8, 4) is 0 Å². The molecule has 0 fully saturated rings. The maximum atomic E-state index is 5.43. The average molecular weight is 213 g/mol. The van der Waals surface area contributed by atoms with Crippen LogP contribution in [-0.4, -0.2) is 20.2 Å². The molecule has 1 aromatic rings. The molecular weight excluding hydrogens is 202 g/mol. The van der Waals surface area contributed by atoms with Crippen LogP contribution in [0.25, 0.3) is 0 Å². The first-order valence-electron chi connectivity index (χ1n) is 3.88. The molecule has 1 heterocycles. The maximum Gasteiger partial charge on any atom is 0.124 e. The van der Waals surface area contributed by atoms with Crippen LogP contribution in [0, 0.1) is 0 Å². The second-order valence-electron chi connectivity index (χ2n) is 2.77. The molecule has 0 amide bonds. The first-order valence-corrected chi connectivity index (χ1v) is 5.17. The average Bonchev–Trinajstić information content (AvgIpc) is 2.03. The summed E-state index contributed by atoms with van der Waals surface area (Å²) in [6, 6.07) is 0. The van der Waals surface area contributed by atoms with Gasteiger partial charge in [0, 0.05) is 5.25 Å². The largest absolute Gasteiger partial charge is 0.388 e. The molecule has 0 aliphatic rings. The van der Waals surface area contributed by atoms with Crippen LogP contribution >= 0.6 is 24.0 Å². The highest BCUT2D eigenvalue weighted by Gasteiger charge is 2.03. The Balaban J connectivity index is 2.85. The number of aromatic nitrogens is 2. The molecule has 0 saturated heterocycles. The molecule has 0 bridgehead atoms. The highest BCUT2D eigenvalue weighted by Crippen LogP contribution is 2.19. The number of hydrogen-bond donors (Lipinski definition) is 1. The second-order valence-corrected chi connectivity index (χ2v) is 4.81. The smallest absolute Gasteiger partial charge is 0.124 e. The predicted molar refractivity (Wildman–Crippen MR) is 58.9 cm³/mol. The normalized spacial score (nSPS) is 10.4. The van der Waals surface area contributed by atoms with E-state index in [1.165, 1.54) is 0 Å². The van der Waals surface area contributed by atoms with Gasteiger partial charge >= 0.3 is 0 Å². The van der Waals surface area contributed by atoms with Crippen molar-refractivity contribution in [1.29, 1.82) is 0 Å². The molecule has 0 aliphatic heterocycles. The van der Waals surface area contributed by atoms with Crippen molar-refractivity contribution in [3.63, 3.8) is 0 Å². The van der Waals surface area contributed by atoms with Crippen molar-refractivity contribution >= 4 is 29.0 Å². The van der Waals surface area contributed by atoms with Crippen molar-refractivity contribution in [3.05, 3.63) is 18.1 Å². The van der Waals surface area contributed by atoms with Crippen LogP contribution < -0.4 is 5.73 Å². The Labute approximate surface area is 87.2 Å². The highest BCUT2D eigenvalue weighted by atomic mass is 32.2. The molecule has 0 spiro atoms. The van der Waals surface area contributed by atoms with Gasteiger partial charge in [-0.15, -0.1) is 11.8 Å². The monoisotopic (exact) mass is 213 g/mol. The quantitative estimate of drug-likeness (QED) is 0.610. The van der Waals surface area contributed by atoms with Crippen LogP contribution in [0.2, 0.25) is 0 Å². The van der Waals surface area contributed by atoms with E-state index in [0.717, 1.165) is 5.03 Å². The van der Waals surface area contributed by atoms with Gasteiger partial charge in [0.1, 0.15) is 15.7 Å². The van der Waals surface area contributed by atoms with Gasteiger partial charge in [0.05, 0.1) is 12.4 Å². The Bertz CT molecular complexity index is 312. The number of rotatable bonds is 3. The van der Waals surface area contributed by atoms with Gasteiger partial charge in [-0.2, -0.15) is 0 Å². The van der Waals surface area contributed by atoms with Crippen LogP contribution in [-0.2, 0) is 0 Å². The van der Waals surface area contributed by atoms with Gasteiger partial charge in [-0.1, -0.05) is 26.1 Å². The topological polar surface area (TPSA) is 51.8 Å². The fourth-order valence-electron chi connectivity index (χ4n) is 0.765. The lowest BCUT2D eigenvalue weighted by atomic mass is 10.5. The lowest BCUT2D eigenvalue weighted by molar-refractivity contribution is 1.02. The summed E-state index contributed by atoms with van der Waals surface area (Å²) in [4.78, 5) is 8.55. The van der Waals surface area contributed by atoms with Gasteiger partial charge in [0.2, 0.25) is 0 Å². The molecule has 13 heavy (non-hydrogen) atoms. The fourth-order valence-corrected chi connectivity index (χ4v) is 1.62. The van der Waals surface area contributed by atoms with Gasteiger partial charge in [-0.3, -0.25) is 4.98 Å². The molecule has 1 aromatic heterocycles. The summed E-state index contributed by atoms with van der Waals surface area (Å²) in [5.74, 6) is 0. The highest BCUT2D eigenvalue weighted by molar-refractivity contribution is 7.99. The van der Waals surface area contributed by atoms with E-state index in [9.17, 15) is 0 Å². The number of thiocarbonyl (C=S) groups is 1. The minimum absolute atomic E-state index is 0.290. The van der Waals surface area contributed by atoms with E-state index in [-0.39, 0.29) is 0 Å². The van der Waals surface area contributed by atoms with Gasteiger partial charge in [0.25, 0.3) is 0 Å². The van der Waals surface area contributed by atoms with Crippen LogP contribution in [0.3, 0.4) is 0 Å². The molecule has 0 aliphatic carbocycles. The predicted octanol–water partition coefficient (Wildman–Crippen LogP) is 1.61. The first kappa shape index (κ1) is 10.4. The second kappa shape index (κ2) is 4.53. The summed E-state index contributed by atoms with van der Waals surface area (Å²) in [5.41, 5.74) is 6.02. The van der Waals surface area contributed by atoms with Crippen LogP contribution in [0.5, 0.6) is 0 Å². The van der Waals surface area contributed by atoms with Crippen LogP contribution in [0.1, 0.15) is 19.5 Å². The fraction of sp³-hybridized carbons (Fsp3) is 0.375. The lowest BCUT2D eigenvalue weighted by Gasteiger charge is -2.04. The van der Waals surface area contributed by atoms with Crippen molar-refractivity contribution in [2.75, 3.05) is 0 Å². The molecule has 3 nitrogen and oxygen atoms in total. The summed E-state index contributed by atoms with van der Waals surface area (Å²) in [7, 11) is 0. The third-order valence-corrected chi connectivity index (χ3v) is 2.34. The zero-order valence-electron chi connectivity index (χ0n) is 7.52. The molecule has 0 unspecified atom stereocenters. The van der Waals surface area contributed by atoms with E-state index in [4.69, 9.17) is 18.0 Å². The standard InChI is InChI=1S/C8H11N3S2/c1-5(2)13-7-4-10-3-6(11-7)8(9)12/h3-5H,1-2H3,(H2,9,12). The molecule has 0 aromatic carbocycles. The van der Waals surface area contributed by atoms with E-state index >= 15 is 0 Å². The number of nitrogens with zero attached hydrogens (tertiary/aromatic N) is 2. The molecule has 2 N–H and O–H groups in total. The molecule has 70 valence electrons. The zero-order valence-corrected chi connectivity index (χ0v) is 9.15. The van der Waals surface area contributed by atoms with Crippen molar-refractivity contribution < 1.29 is 0 Å². The SMILES string of the molecule is CC(C)Sc1cncc(C(N)=S)n1. The van der Waals surface area contributed by atoms with Crippen LogP contribution in [0.4, 0.5) is 0 Å². The lowest BCUT2D eigenvalue weighted by Crippen LogP contribution is -2.12. The summed E-state index contributed by atoms with van der Waals surface area (Å²) >= 11 is 6.44. The summed E-state index contributed by atoms with van der Waals surface area (Å²) < 4.78 is 0. The van der Waals surface area contributed by atoms with E-state index in [1.54, 1.807) is 24.2 Å². The number of nitrogens with two attached hydrogens (primary N) is 1. The minimum atomic E-state index is 0.290. The Morgan fingerprint density at radius 1 is 1.54 bits per heavy atom. The van der Waals surface area contributed by atoms with E-state index in [1.807, 2.05) is 0 Å². The van der Waals surface area contributed by atoms with E-state index in [0.29, 0.717) is 15.9 Å². The van der Waals surface area contributed by atoms with Gasteiger partial charge in [-0.25, -0.2) is 4.98 Å². The Morgan fingerprint density at radius 3 is 2.77 bits per heavy atom. The van der Waals surface area contributed by atoms with Gasteiger partial charge < -0.3 is 5.73 Å². The molecule has 0 atom stereocenters. The molecular formula is C8H11N3S2. The molecule has 0 saturated carbocycles. The third kappa shape index (κ3) is 3.28. The molecule has 0 radical (unpaired) electrons. The van der Waals surface area contributed by atoms with Gasteiger partial charge in [-0.05, 0) is 0 Å². The van der Waals surface area contributed by atoms with E-state index < -0.39 is 0 Å². The van der Waals surface area contributed by atoms with Gasteiger partial charge in [0.15, 0.2) is 0 Å². The molecule has 5 heteroatoms. The van der Waals surface area contributed by atoms with Crippen molar-refractivity contribution in [2.45, 2.75) is 24.1 Å². The number of hydrogen-bond acceptors (Lipinski definition) is 4. The summed E-state index contributed by atoms with van der Waals surface area (Å²) in [6.45, 7) is 4.19. The van der Waals surface area contributed by atoms with Crippen molar-refractivity contribution in [2.24, 2.45) is 5.73 Å². The molecule has 1 rings (SSSR count). The van der Waals surface area contributed by atoms with Crippen molar-refractivity contribution in [1.82, 2.24) is 9.97 Å². The zero-order chi connectivity index (χ0) is 9.84. The Hall–Kier alpha value is -0.680. The third-order valence-electron chi connectivity index (χ3n) is 1.22. The summed E-state index contributed by atoms with van der Waals surface area (Å²) in [5, 5.41) is 1.34. The van der Waals surface area contributed by atoms with Crippen LogP contribution in [0.15, 0.2) is 17.4 Å². The number of thioether (sulfide) groups is 1. The summed E-state index contributed by atoms with van der Waals surface area (Å²) in [6.07, 6.45) is 3.29. The maximum absolute atomic E-state index is 5.43. The Kier molecular flexibility index (Phi) is 3.62.